The van der Waals surface area contributed by atoms with Crippen molar-refractivity contribution >= 4 is 34.0 Å². The van der Waals surface area contributed by atoms with Gasteiger partial charge in [0.15, 0.2) is 5.82 Å². The number of thiazole rings is 1. The third kappa shape index (κ3) is 2.87. The Bertz CT molecular complexity index is 885. The van der Waals surface area contributed by atoms with Crippen LogP contribution in [0.5, 0.6) is 0 Å². The summed E-state index contributed by atoms with van der Waals surface area (Å²) in [4.78, 5) is 26.7. The van der Waals surface area contributed by atoms with Crippen LogP contribution in [-0.4, -0.2) is 37.1 Å². The van der Waals surface area contributed by atoms with E-state index in [0.29, 0.717) is 17.6 Å². The molecule has 3 heterocycles. The molecule has 0 aromatic carbocycles. The predicted molar refractivity (Wildman–Crippen MR) is 86.3 cm³/mol. The lowest BCUT2D eigenvalue weighted by molar-refractivity contribution is 0.0526. The summed E-state index contributed by atoms with van der Waals surface area (Å²) in [5.41, 5.74) is 1.29. The summed E-state index contributed by atoms with van der Waals surface area (Å²) in [6.07, 6.45) is 1.44. The van der Waals surface area contributed by atoms with Crippen molar-refractivity contribution < 1.29 is 9.53 Å². The highest BCUT2D eigenvalue weighted by atomic mass is 32.1. The number of nitrogens with one attached hydrogen (secondary N) is 1. The van der Waals surface area contributed by atoms with Crippen molar-refractivity contribution in [1.29, 1.82) is 0 Å². The number of nitrogens with zero attached hydrogens (tertiary/aromatic N) is 5. The summed E-state index contributed by atoms with van der Waals surface area (Å²) < 4.78 is 6.79. The van der Waals surface area contributed by atoms with E-state index in [1.807, 2.05) is 13.8 Å². The van der Waals surface area contributed by atoms with E-state index in [4.69, 9.17) is 4.74 Å². The van der Waals surface area contributed by atoms with Crippen LogP contribution in [0.15, 0.2) is 6.20 Å². The summed E-state index contributed by atoms with van der Waals surface area (Å²) in [6.45, 7) is 7.78. The van der Waals surface area contributed by atoms with Crippen LogP contribution < -0.4 is 5.32 Å². The zero-order valence-corrected chi connectivity index (χ0v) is 14.1. The van der Waals surface area contributed by atoms with Crippen LogP contribution in [0.3, 0.4) is 0 Å². The maximum atomic E-state index is 12.0. The fourth-order valence-electron chi connectivity index (χ4n) is 2.02. The van der Waals surface area contributed by atoms with E-state index in [1.165, 1.54) is 6.20 Å². The van der Waals surface area contributed by atoms with Crippen LogP contribution in [0.25, 0.3) is 4.96 Å². The lowest BCUT2D eigenvalue weighted by Crippen LogP contribution is -2.11. The molecule has 0 aliphatic rings. The summed E-state index contributed by atoms with van der Waals surface area (Å²) in [5.74, 6) is 0.767. The smallest absolute Gasteiger partial charge is 0.343 e. The van der Waals surface area contributed by atoms with Crippen molar-refractivity contribution in [3.63, 3.8) is 0 Å². The van der Waals surface area contributed by atoms with Crippen LogP contribution in [0.1, 0.15) is 33.7 Å². The molecule has 3 rings (SSSR count). The van der Waals surface area contributed by atoms with Crippen molar-refractivity contribution in [2.75, 3.05) is 11.9 Å². The molecule has 0 atom stereocenters. The third-order valence-electron chi connectivity index (χ3n) is 3.28. The van der Waals surface area contributed by atoms with Crippen molar-refractivity contribution in [2.45, 2.75) is 27.7 Å². The minimum atomic E-state index is -0.483. The number of carbonyl (C=O) groups excluding carboxylic acids is 1. The van der Waals surface area contributed by atoms with Gasteiger partial charge in [-0.05, 0) is 27.7 Å². The molecule has 0 radical (unpaired) electrons. The van der Waals surface area contributed by atoms with E-state index in [-0.39, 0.29) is 12.2 Å². The Balaban J connectivity index is 1.97. The number of fused-ring (bicyclic) bond motifs is 1. The van der Waals surface area contributed by atoms with Crippen molar-refractivity contribution in [3.8, 4) is 0 Å². The summed E-state index contributed by atoms with van der Waals surface area (Å²) in [6, 6.07) is 0. The Kier molecular flexibility index (Phi) is 3.95. The second-order valence-corrected chi connectivity index (χ2v) is 6.08. The first kappa shape index (κ1) is 15.3. The average Bonchev–Trinajstić information content (AvgIpc) is 2.99. The fourth-order valence-corrected chi connectivity index (χ4v) is 2.93. The minimum Gasteiger partial charge on any atom is -0.462 e. The maximum absolute atomic E-state index is 12.0. The van der Waals surface area contributed by atoms with Crippen molar-refractivity contribution in [1.82, 2.24) is 24.6 Å². The molecule has 0 saturated heterocycles. The topological polar surface area (TPSA) is 94.3 Å². The Morgan fingerprint density at radius 1 is 1.35 bits per heavy atom. The molecule has 0 amide bonds. The number of aryl methyl sites for hydroxylation is 3. The molecule has 3 aromatic rings. The van der Waals surface area contributed by atoms with Crippen LogP contribution in [0, 0.1) is 20.8 Å². The molecular formula is C14H16N6O2S. The van der Waals surface area contributed by atoms with Crippen LogP contribution in [-0.2, 0) is 4.74 Å². The molecule has 23 heavy (non-hydrogen) atoms. The number of esters is 1. The number of rotatable bonds is 4. The van der Waals surface area contributed by atoms with Gasteiger partial charge in [0, 0.05) is 11.1 Å². The Labute approximate surface area is 136 Å². The molecule has 0 bridgehead atoms. The van der Waals surface area contributed by atoms with Gasteiger partial charge in [0.1, 0.15) is 11.4 Å². The first-order valence-electron chi connectivity index (χ1n) is 7.10. The Morgan fingerprint density at radius 2 is 2.13 bits per heavy atom. The molecule has 8 nitrogen and oxygen atoms in total. The SMILES string of the molecule is CCOC(=O)c1cnc(C)nc1Nc1nc2sc(C)c(C)n2n1. The first-order chi connectivity index (χ1) is 11.0. The van der Waals surface area contributed by atoms with E-state index in [9.17, 15) is 4.79 Å². The van der Waals surface area contributed by atoms with Gasteiger partial charge in [-0.2, -0.15) is 4.98 Å². The highest BCUT2D eigenvalue weighted by Gasteiger charge is 2.18. The molecule has 0 aliphatic carbocycles. The second kappa shape index (κ2) is 5.92. The first-order valence-corrected chi connectivity index (χ1v) is 7.91. The van der Waals surface area contributed by atoms with E-state index >= 15 is 0 Å². The van der Waals surface area contributed by atoms with Gasteiger partial charge in [-0.1, -0.05) is 11.3 Å². The summed E-state index contributed by atoms with van der Waals surface area (Å²) >= 11 is 1.56. The van der Waals surface area contributed by atoms with Gasteiger partial charge in [-0.25, -0.2) is 19.3 Å². The standard InChI is InChI=1S/C14H16N6O2S/c1-5-22-12(21)10-6-15-9(4)16-11(10)17-13-18-14-20(19-13)7(2)8(3)23-14/h6H,5H2,1-4H3,(H,15,16,17,19). The van der Waals surface area contributed by atoms with E-state index in [0.717, 1.165) is 15.5 Å². The zero-order valence-electron chi connectivity index (χ0n) is 13.2. The number of aromatic nitrogens is 5. The van der Waals surface area contributed by atoms with Gasteiger partial charge in [-0.15, -0.1) is 5.10 Å². The number of hydrogen-bond donors (Lipinski definition) is 1. The van der Waals surface area contributed by atoms with E-state index in [1.54, 1.807) is 29.7 Å². The van der Waals surface area contributed by atoms with Gasteiger partial charge < -0.3 is 10.1 Å². The van der Waals surface area contributed by atoms with E-state index < -0.39 is 5.97 Å². The molecule has 0 unspecified atom stereocenters. The molecule has 9 heteroatoms. The lowest BCUT2D eigenvalue weighted by atomic mass is 10.3. The highest BCUT2D eigenvalue weighted by molar-refractivity contribution is 7.17. The quantitative estimate of drug-likeness (QED) is 0.733. The molecule has 0 spiro atoms. The van der Waals surface area contributed by atoms with Gasteiger partial charge >= 0.3 is 5.97 Å². The number of hydrogen-bond acceptors (Lipinski definition) is 8. The van der Waals surface area contributed by atoms with Crippen LogP contribution in [0.4, 0.5) is 11.8 Å². The largest absolute Gasteiger partial charge is 0.462 e. The highest BCUT2D eigenvalue weighted by Crippen LogP contribution is 2.23. The molecule has 120 valence electrons. The molecule has 0 aliphatic heterocycles. The molecular weight excluding hydrogens is 316 g/mol. The molecule has 1 N–H and O–H groups in total. The Morgan fingerprint density at radius 3 is 2.83 bits per heavy atom. The Hall–Kier alpha value is -2.55. The monoisotopic (exact) mass is 332 g/mol. The molecule has 0 fully saturated rings. The minimum absolute atomic E-state index is 0.253. The maximum Gasteiger partial charge on any atom is 0.343 e. The number of anilines is 2. The fraction of sp³-hybridized carbons (Fsp3) is 0.357. The molecule has 0 saturated carbocycles. The zero-order chi connectivity index (χ0) is 16.6. The molecule has 3 aromatic heterocycles. The van der Waals surface area contributed by atoms with Crippen LogP contribution >= 0.6 is 11.3 Å². The van der Waals surface area contributed by atoms with Crippen molar-refractivity contribution in [3.05, 3.63) is 28.2 Å². The lowest BCUT2D eigenvalue weighted by Gasteiger charge is -2.08. The van der Waals surface area contributed by atoms with Gasteiger partial charge in [0.25, 0.3) is 0 Å². The third-order valence-corrected chi connectivity index (χ3v) is 4.33. The number of carbonyl (C=O) groups is 1. The van der Waals surface area contributed by atoms with Crippen LogP contribution in [0.2, 0.25) is 0 Å². The predicted octanol–water partition coefficient (Wildman–Crippen LogP) is 2.43. The summed E-state index contributed by atoms with van der Waals surface area (Å²) in [5, 5.41) is 7.38. The average molecular weight is 332 g/mol. The van der Waals surface area contributed by atoms with Gasteiger partial charge in [-0.3, -0.25) is 0 Å². The second-order valence-electron chi connectivity index (χ2n) is 4.90. The van der Waals surface area contributed by atoms with Gasteiger partial charge in [0.2, 0.25) is 10.9 Å². The summed E-state index contributed by atoms with van der Waals surface area (Å²) in [7, 11) is 0. The van der Waals surface area contributed by atoms with Crippen molar-refractivity contribution in [2.24, 2.45) is 0 Å². The van der Waals surface area contributed by atoms with Gasteiger partial charge in [0.05, 0.1) is 12.3 Å². The number of ether oxygens (including phenoxy) is 1. The van der Waals surface area contributed by atoms with E-state index in [2.05, 4.69) is 25.4 Å². The normalized spacial score (nSPS) is 11.0.